The number of alkyl halides is 1. The first-order chi connectivity index (χ1) is 8.49. The fraction of sp³-hybridized carbons (Fsp3) is 0.200. The van der Waals surface area contributed by atoms with Crippen LogP contribution < -0.4 is 0 Å². The van der Waals surface area contributed by atoms with Gasteiger partial charge in [-0.1, -0.05) is 41.4 Å². The Balaban J connectivity index is 2.47. The van der Waals surface area contributed by atoms with E-state index in [1.807, 2.05) is 32.0 Å². The Hall–Kier alpha value is -1.05. The molecule has 1 atom stereocenters. The Bertz CT molecular complexity index is 579. The summed E-state index contributed by atoms with van der Waals surface area (Å²) in [4.78, 5) is 0. The first-order valence-electron chi connectivity index (χ1n) is 5.65. The van der Waals surface area contributed by atoms with Crippen molar-refractivity contribution in [2.45, 2.75) is 19.2 Å². The van der Waals surface area contributed by atoms with Gasteiger partial charge in [0.2, 0.25) is 0 Å². The minimum atomic E-state index is -0.363. The maximum absolute atomic E-state index is 13.0. The molecule has 0 spiro atoms. The van der Waals surface area contributed by atoms with Gasteiger partial charge in [0.1, 0.15) is 5.82 Å². The van der Waals surface area contributed by atoms with E-state index in [1.165, 1.54) is 12.1 Å². The zero-order chi connectivity index (χ0) is 13.3. The summed E-state index contributed by atoms with van der Waals surface area (Å²) in [5.41, 5.74) is 3.97. The van der Waals surface area contributed by atoms with E-state index >= 15 is 0 Å². The lowest BCUT2D eigenvalue weighted by Crippen LogP contribution is -1.98. The number of rotatable bonds is 2. The van der Waals surface area contributed by atoms with Gasteiger partial charge in [-0.3, -0.25) is 0 Å². The third kappa shape index (κ3) is 2.68. The Labute approximate surface area is 116 Å². The SMILES string of the molecule is Cc1ccc(C)c(C(Cl)c2ccc(F)cc2Cl)c1. The second-order valence-corrected chi connectivity index (χ2v) is 5.23. The second-order valence-electron chi connectivity index (χ2n) is 4.39. The Morgan fingerprint density at radius 1 is 1.00 bits per heavy atom. The van der Waals surface area contributed by atoms with Gasteiger partial charge in [0, 0.05) is 5.02 Å². The van der Waals surface area contributed by atoms with Crippen molar-refractivity contribution in [3.05, 3.63) is 69.5 Å². The molecule has 0 saturated heterocycles. The van der Waals surface area contributed by atoms with Crippen LogP contribution in [0.5, 0.6) is 0 Å². The maximum atomic E-state index is 13.0. The van der Waals surface area contributed by atoms with E-state index in [-0.39, 0.29) is 11.2 Å². The Morgan fingerprint density at radius 3 is 2.39 bits per heavy atom. The number of aryl methyl sites for hydroxylation is 2. The van der Waals surface area contributed by atoms with Crippen LogP contribution in [0.2, 0.25) is 5.02 Å². The van der Waals surface area contributed by atoms with Crippen LogP contribution in [-0.4, -0.2) is 0 Å². The first-order valence-corrected chi connectivity index (χ1v) is 6.46. The van der Waals surface area contributed by atoms with Crippen molar-refractivity contribution in [2.24, 2.45) is 0 Å². The van der Waals surface area contributed by atoms with Gasteiger partial charge in [0.05, 0.1) is 5.38 Å². The number of hydrogen-bond donors (Lipinski definition) is 0. The average Bonchev–Trinajstić information content (AvgIpc) is 2.31. The van der Waals surface area contributed by atoms with E-state index in [4.69, 9.17) is 23.2 Å². The third-order valence-electron chi connectivity index (χ3n) is 2.94. The highest BCUT2D eigenvalue weighted by atomic mass is 35.5. The first kappa shape index (κ1) is 13.4. The molecule has 0 aliphatic heterocycles. The van der Waals surface area contributed by atoms with E-state index in [9.17, 15) is 4.39 Å². The van der Waals surface area contributed by atoms with E-state index in [0.717, 1.165) is 22.3 Å². The van der Waals surface area contributed by atoms with Crippen molar-refractivity contribution in [3.63, 3.8) is 0 Å². The summed E-state index contributed by atoms with van der Waals surface area (Å²) in [6.07, 6.45) is 0. The minimum absolute atomic E-state index is 0.353. The Kier molecular flexibility index (Phi) is 3.94. The maximum Gasteiger partial charge on any atom is 0.124 e. The summed E-state index contributed by atoms with van der Waals surface area (Å²) in [5.74, 6) is -0.353. The molecule has 0 saturated carbocycles. The van der Waals surface area contributed by atoms with Gasteiger partial charge in [-0.25, -0.2) is 4.39 Å². The van der Waals surface area contributed by atoms with Crippen molar-refractivity contribution in [2.75, 3.05) is 0 Å². The lowest BCUT2D eigenvalue weighted by Gasteiger charge is -2.15. The molecule has 0 N–H and O–H groups in total. The van der Waals surface area contributed by atoms with Crippen LogP contribution in [0, 0.1) is 19.7 Å². The molecule has 0 heterocycles. The second kappa shape index (κ2) is 5.29. The molecule has 1 unspecified atom stereocenters. The van der Waals surface area contributed by atoms with Gasteiger partial charge in [0.25, 0.3) is 0 Å². The molecule has 2 aromatic carbocycles. The summed E-state index contributed by atoms with van der Waals surface area (Å²) in [6, 6.07) is 10.4. The van der Waals surface area contributed by atoms with E-state index in [2.05, 4.69) is 0 Å². The molecule has 0 aliphatic rings. The molecule has 0 bridgehead atoms. The molecule has 0 radical (unpaired) electrons. The molecule has 94 valence electrons. The summed E-state index contributed by atoms with van der Waals surface area (Å²) >= 11 is 12.5. The largest absolute Gasteiger partial charge is 0.207 e. The third-order valence-corrected chi connectivity index (χ3v) is 3.74. The normalized spacial score (nSPS) is 12.5. The number of hydrogen-bond acceptors (Lipinski definition) is 0. The van der Waals surface area contributed by atoms with Gasteiger partial charge in [-0.15, -0.1) is 11.6 Å². The van der Waals surface area contributed by atoms with Crippen LogP contribution in [0.25, 0.3) is 0 Å². The van der Waals surface area contributed by atoms with Crippen molar-refractivity contribution in [1.29, 1.82) is 0 Å². The van der Waals surface area contributed by atoms with E-state index in [0.29, 0.717) is 5.02 Å². The van der Waals surface area contributed by atoms with Crippen LogP contribution in [0.3, 0.4) is 0 Å². The minimum Gasteiger partial charge on any atom is -0.207 e. The van der Waals surface area contributed by atoms with Crippen LogP contribution in [0.15, 0.2) is 36.4 Å². The van der Waals surface area contributed by atoms with Crippen LogP contribution >= 0.6 is 23.2 Å². The number of benzene rings is 2. The summed E-state index contributed by atoms with van der Waals surface area (Å²) in [5, 5.41) is -0.00564. The zero-order valence-electron chi connectivity index (χ0n) is 10.2. The zero-order valence-corrected chi connectivity index (χ0v) is 11.7. The average molecular weight is 283 g/mol. The highest BCUT2D eigenvalue weighted by Gasteiger charge is 2.16. The van der Waals surface area contributed by atoms with Crippen molar-refractivity contribution >= 4 is 23.2 Å². The predicted molar refractivity (Wildman–Crippen MR) is 75.0 cm³/mol. The quantitative estimate of drug-likeness (QED) is 0.645. The van der Waals surface area contributed by atoms with Gasteiger partial charge < -0.3 is 0 Å². The van der Waals surface area contributed by atoms with Gasteiger partial charge in [0.15, 0.2) is 0 Å². The molecule has 2 rings (SSSR count). The molecule has 0 fully saturated rings. The molecule has 0 nitrogen and oxygen atoms in total. The van der Waals surface area contributed by atoms with E-state index in [1.54, 1.807) is 6.07 Å². The molecule has 18 heavy (non-hydrogen) atoms. The fourth-order valence-corrected chi connectivity index (χ4v) is 2.67. The standard InChI is InChI=1S/C15H13Cl2F/c1-9-3-4-10(2)13(7-9)15(17)12-6-5-11(18)8-14(12)16/h3-8,15H,1-2H3. The lowest BCUT2D eigenvalue weighted by atomic mass is 9.98. The molecule has 2 aromatic rings. The topological polar surface area (TPSA) is 0 Å². The highest BCUT2D eigenvalue weighted by Crippen LogP contribution is 2.35. The van der Waals surface area contributed by atoms with Crippen LogP contribution in [0.4, 0.5) is 4.39 Å². The van der Waals surface area contributed by atoms with Crippen LogP contribution in [-0.2, 0) is 0 Å². The van der Waals surface area contributed by atoms with Crippen molar-refractivity contribution in [3.8, 4) is 0 Å². The monoisotopic (exact) mass is 282 g/mol. The number of halogens is 3. The molecule has 0 aliphatic carbocycles. The van der Waals surface area contributed by atoms with Gasteiger partial charge >= 0.3 is 0 Å². The van der Waals surface area contributed by atoms with Gasteiger partial charge in [-0.2, -0.15) is 0 Å². The smallest absolute Gasteiger partial charge is 0.124 e. The molecule has 0 aromatic heterocycles. The van der Waals surface area contributed by atoms with E-state index < -0.39 is 0 Å². The van der Waals surface area contributed by atoms with Crippen molar-refractivity contribution in [1.82, 2.24) is 0 Å². The Morgan fingerprint density at radius 2 is 1.72 bits per heavy atom. The molecular weight excluding hydrogens is 270 g/mol. The van der Waals surface area contributed by atoms with Crippen LogP contribution in [0.1, 0.15) is 27.6 Å². The summed E-state index contributed by atoms with van der Waals surface area (Å²) < 4.78 is 13.0. The molecular formula is C15H13Cl2F. The molecule has 3 heteroatoms. The van der Waals surface area contributed by atoms with Crippen molar-refractivity contribution < 1.29 is 4.39 Å². The molecule has 0 amide bonds. The van der Waals surface area contributed by atoms with Gasteiger partial charge in [-0.05, 0) is 42.7 Å². The lowest BCUT2D eigenvalue weighted by molar-refractivity contribution is 0.627. The predicted octanol–water partition coefficient (Wildman–Crippen LogP) is 5.42. The highest BCUT2D eigenvalue weighted by molar-refractivity contribution is 6.33. The summed E-state index contributed by atoms with van der Waals surface area (Å²) in [7, 11) is 0. The fourth-order valence-electron chi connectivity index (χ4n) is 1.91. The summed E-state index contributed by atoms with van der Waals surface area (Å²) in [6.45, 7) is 4.01.